The minimum absolute atomic E-state index is 0.00347. The third-order valence-corrected chi connectivity index (χ3v) is 6.36. The summed E-state index contributed by atoms with van der Waals surface area (Å²) in [6, 6.07) is 15.9. The van der Waals surface area contributed by atoms with Gasteiger partial charge in [0.15, 0.2) is 11.5 Å². The van der Waals surface area contributed by atoms with Crippen molar-refractivity contribution in [3.8, 4) is 11.5 Å². The van der Waals surface area contributed by atoms with Crippen LogP contribution in [0, 0.1) is 6.92 Å². The molecule has 0 saturated carbocycles. The molecule has 0 atom stereocenters. The molecule has 0 bridgehead atoms. The fraction of sp³-hybridized carbons (Fsp3) is 0.136. The quantitative estimate of drug-likeness (QED) is 0.532. The predicted molar refractivity (Wildman–Crippen MR) is 121 cm³/mol. The van der Waals surface area contributed by atoms with E-state index in [1.54, 1.807) is 49.4 Å². The zero-order valence-corrected chi connectivity index (χ0v) is 18.7. The molecule has 9 heteroatoms. The van der Waals surface area contributed by atoms with Crippen molar-refractivity contribution in [2.75, 3.05) is 24.3 Å². The molecule has 0 aliphatic carbocycles. The van der Waals surface area contributed by atoms with Crippen molar-refractivity contribution in [2.24, 2.45) is 0 Å². The number of aryl methyl sites for hydroxylation is 1. The summed E-state index contributed by atoms with van der Waals surface area (Å²) in [5, 5.41) is 2.71. The van der Waals surface area contributed by atoms with Gasteiger partial charge >= 0.3 is 0 Å². The zero-order chi connectivity index (χ0) is 22.6. The lowest BCUT2D eigenvalue weighted by Gasteiger charge is -2.13. The van der Waals surface area contributed by atoms with Crippen molar-refractivity contribution in [2.45, 2.75) is 11.8 Å². The summed E-state index contributed by atoms with van der Waals surface area (Å²) in [5.74, 6) is 0.459. The van der Waals surface area contributed by atoms with E-state index in [1.807, 2.05) is 0 Å². The summed E-state index contributed by atoms with van der Waals surface area (Å²) in [6.07, 6.45) is 0. The SMILES string of the molecule is COc1ccc(NC(=O)c2ccc(Cl)c(S(=O)(=O)Nc3ccccc3C)c2)cc1OC. The molecule has 31 heavy (non-hydrogen) atoms. The van der Waals surface area contributed by atoms with Crippen molar-refractivity contribution in [1.29, 1.82) is 0 Å². The Kier molecular flexibility index (Phi) is 6.72. The molecule has 0 spiro atoms. The Hall–Kier alpha value is -3.23. The van der Waals surface area contributed by atoms with Gasteiger partial charge in [0, 0.05) is 17.3 Å². The topological polar surface area (TPSA) is 93.7 Å². The minimum Gasteiger partial charge on any atom is -0.493 e. The third kappa shape index (κ3) is 5.10. The monoisotopic (exact) mass is 460 g/mol. The van der Waals surface area contributed by atoms with Gasteiger partial charge < -0.3 is 14.8 Å². The van der Waals surface area contributed by atoms with Gasteiger partial charge in [-0.1, -0.05) is 29.8 Å². The van der Waals surface area contributed by atoms with Crippen LogP contribution in [0.4, 0.5) is 11.4 Å². The average Bonchev–Trinajstić information content (AvgIpc) is 2.75. The van der Waals surface area contributed by atoms with E-state index in [4.69, 9.17) is 21.1 Å². The molecule has 2 N–H and O–H groups in total. The van der Waals surface area contributed by atoms with E-state index >= 15 is 0 Å². The van der Waals surface area contributed by atoms with Crippen molar-refractivity contribution in [3.63, 3.8) is 0 Å². The summed E-state index contributed by atoms with van der Waals surface area (Å²) < 4.78 is 38.7. The number of halogens is 1. The van der Waals surface area contributed by atoms with Gasteiger partial charge in [0.25, 0.3) is 15.9 Å². The van der Waals surface area contributed by atoms with E-state index in [2.05, 4.69) is 10.0 Å². The number of hydrogen-bond acceptors (Lipinski definition) is 5. The van der Waals surface area contributed by atoms with Crippen molar-refractivity contribution < 1.29 is 22.7 Å². The van der Waals surface area contributed by atoms with Crippen LogP contribution < -0.4 is 19.5 Å². The molecule has 3 aromatic carbocycles. The molecular formula is C22H21ClN2O5S. The van der Waals surface area contributed by atoms with Gasteiger partial charge in [0.1, 0.15) is 4.90 Å². The minimum atomic E-state index is -4.01. The molecule has 1 amide bonds. The molecule has 0 aliphatic rings. The fourth-order valence-electron chi connectivity index (χ4n) is 2.85. The number of para-hydroxylation sites is 1. The zero-order valence-electron chi connectivity index (χ0n) is 17.1. The first-order valence-corrected chi connectivity index (χ1v) is 11.0. The Morgan fingerprint density at radius 1 is 0.935 bits per heavy atom. The second-order valence-electron chi connectivity index (χ2n) is 6.59. The lowest BCUT2D eigenvalue weighted by Crippen LogP contribution is -2.17. The van der Waals surface area contributed by atoms with Crippen molar-refractivity contribution in [3.05, 3.63) is 76.8 Å². The fourth-order valence-corrected chi connectivity index (χ4v) is 4.51. The summed E-state index contributed by atoms with van der Waals surface area (Å²) in [5.41, 5.74) is 1.77. The number of ether oxygens (including phenoxy) is 2. The molecule has 0 saturated heterocycles. The van der Waals surface area contributed by atoms with E-state index in [0.717, 1.165) is 5.56 Å². The van der Waals surface area contributed by atoms with Gasteiger partial charge in [-0.15, -0.1) is 0 Å². The molecule has 162 valence electrons. The Labute approximate surface area is 186 Å². The highest BCUT2D eigenvalue weighted by Gasteiger charge is 2.21. The molecule has 0 fully saturated rings. The molecule has 3 aromatic rings. The molecule has 7 nitrogen and oxygen atoms in total. The number of anilines is 2. The van der Waals surface area contributed by atoms with Crippen LogP contribution in [0.2, 0.25) is 5.02 Å². The number of methoxy groups -OCH3 is 2. The van der Waals surface area contributed by atoms with Crippen molar-refractivity contribution in [1.82, 2.24) is 0 Å². The first kappa shape index (κ1) is 22.5. The maximum atomic E-state index is 12.9. The van der Waals surface area contributed by atoms with Gasteiger partial charge in [0.2, 0.25) is 0 Å². The van der Waals surface area contributed by atoms with Crippen LogP contribution in [0.5, 0.6) is 11.5 Å². The van der Waals surface area contributed by atoms with Crippen LogP contribution in [0.25, 0.3) is 0 Å². The highest BCUT2D eigenvalue weighted by atomic mass is 35.5. The number of nitrogens with one attached hydrogen (secondary N) is 2. The van der Waals surface area contributed by atoms with Gasteiger partial charge in [-0.2, -0.15) is 0 Å². The van der Waals surface area contributed by atoms with E-state index in [-0.39, 0.29) is 15.5 Å². The summed E-state index contributed by atoms with van der Waals surface area (Å²) in [4.78, 5) is 12.5. The summed E-state index contributed by atoms with van der Waals surface area (Å²) >= 11 is 6.14. The Morgan fingerprint density at radius 3 is 2.32 bits per heavy atom. The number of amides is 1. The van der Waals surface area contributed by atoms with Gasteiger partial charge in [-0.05, 0) is 48.9 Å². The number of benzene rings is 3. The predicted octanol–water partition coefficient (Wildman–Crippen LogP) is 4.72. The van der Waals surface area contributed by atoms with Crippen LogP contribution in [0.15, 0.2) is 65.6 Å². The van der Waals surface area contributed by atoms with Crippen molar-refractivity contribution >= 4 is 38.9 Å². The average molecular weight is 461 g/mol. The highest BCUT2D eigenvalue weighted by Crippen LogP contribution is 2.30. The number of rotatable bonds is 7. The first-order valence-electron chi connectivity index (χ1n) is 9.16. The van der Waals surface area contributed by atoms with Crippen LogP contribution in [-0.2, 0) is 10.0 Å². The normalized spacial score (nSPS) is 11.0. The van der Waals surface area contributed by atoms with Crippen LogP contribution in [0.3, 0.4) is 0 Å². The van der Waals surface area contributed by atoms with Crippen LogP contribution in [0.1, 0.15) is 15.9 Å². The second-order valence-corrected chi connectivity index (χ2v) is 8.65. The van der Waals surface area contributed by atoms with Gasteiger partial charge in [-0.25, -0.2) is 8.42 Å². The largest absolute Gasteiger partial charge is 0.493 e. The Morgan fingerprint density at radius 2 is 1.65 bits per heavy atom. The maximum Gasteiger partial charge on any atom is 0.263 e. The van der Waals surface area contributed by atoms with Crippen LogP contribution >= 0.6 is 11.6 Å². The van der Waals surface area contributed by atoms with E-state index in [9.17, 15) is 13.2 Å². The Bertz CT molecular complexity index is 1230. The molecule has 3 rings (SSSR count). The smallest absolute Gasteiger partial charge is 0.263 e. The molecule has 0 unspecified atom stereocenters. The third-order valence-electron chi connectivity index (χ3n) is 4.51. The standard InChI is InChI=1S/C22H21ClN2O5S/c1-14-6-4-5-7-18(14)25-31(27,28)21-12-15(8-10-17(21)23)22(26)24-16-9-11-19(29-2)20(13-16)30-3/h4-13,25H,1-3H3,(H,24,26). The molecule has 0 radical (unpaired) electrons. The van der Waals surface area contributed by atoms with Gasteiger partial charge in [0.05, 0.1) is 24.9 Å². The number of carbonyl (C=O) groups excluding carboxylic acids is 1. The van der Waals surface area contributed by atoms with E-state index in [0.29, 0.717) is 22.9 Å². The molecule has 0 aliphatic heterocycles. The number of hydrogen-bond donors (Lipinski definition) is 2. The van der Waals surface area contributed by atoms with Gasteiger partial charge in [-0.3, -0.25) is 9.52 Å². The number of carbonyl (C=O) groups is 1. The van der Waals surface area contributed by atoms with E-state index < -0.39 is 15.9 Å². The molecule has 0 heterocycles. The van der Waals surface area contributed by atoms with E-state index in [1.165, 1.54) is 32.4 Å². The molecule has 0 aromatic heterocycles. The molecular weight excluding hydrogens is 440 g/mol. The van der Waals surface area contributed by atoms with Crippen LogP contribution in [-0.4, -0.2) is 28.5 Å². The maximum absolute atomic E-state index is 12.9. The lowest BCUT2D eigenvalue weighted by atomic mass is 10.2. The Balaban J connectivity index is 1.88. The number of sulfonamides is 1. The first-order chi connectivity index (χ1) is 14.7. The highest BCUT2D eigenvalue weighted by molar-refractivity contribution is 7.92. The summed E-state index contributed by atoms with van der Waals surface area (Å²) in [7, 11) is -1.02. The lowest BCUT2D eigenvalue weighted by molar-refractivity contribution is 0.102. The summed E-state index contributed by atoms with van der Waals surface area (Å²) in [6.45, 7) is 1.78. The second kappa shape index (κ2) is 9.28.